The van der Waals surface area contributed by atoms with Crippen molar-refractivity contribution in [3.05, 3.63) is 50.6 Å². The van der Waals surface area contributed by atoms with Gasteiger partial charge in [0.1, 0.15) is 11.3 Å². The molecule has 1 N–H and O–H groups in total. The first-order valence-electron chi connectivity index (χ1n) is 6.99. The van der Waals surface area contributed by atoms with Crippen molar-refractivity contribution in [2.75, 3.05) is 6.54 Å². The van der Waals surface area contributed by atoms with E-state index >= 15 is 0 Å². The van der Waals surface area contributed by atoms with E-state index in [2.05, 4.69) is 50.7 Å². The Hall–Kier alpha value is -1.17. The van der Waals surface area contributed by atoms with Crippen LogP contribution in [0.25, 0.3) is 11.0 Å². The minimum Gasteiger partial charge on any atom is -0.458 e. The number of nitrogens with one attached hydrogen (secondary N) is 1. The molecule has 5 heteroatoms. The van der Waals surface area contributed by atoms with Crippen molar-refractivity contribution in [1.29, 1.82) is 0 Å². The van der Waals surface area contributed by atoms with Crippen molar-refractivity contribution in [2.45, 2.75) is 26.3 Å². The summed E-state index contributed by atoms with van der Waals surface area (Å²) in [5.41, 5.74) is 2.02. The van der Waals surface area contributed by atoms with Gasteiger partial charge in [-0.25, -0.2) is 4.98 Å². The van der Waals surface area contributed by atoms with Crippen LogP contribution in [0.4, 0.5) is 0 Å². The van der Waals surface area contributed by atoms with Crippen molar-refractivity contribution < 1.29 is 4.42 Å². The van der Waals surface area contributed by atoms with E-state index < -0.39 is 0 Å². The van der Waals surface area contributed by atoms with Gasteiger partial charge in [0, 0.05) is 17.2 Å². The standard InChI is InChI=1S/C16H17BrN2OS/c1-3-18-14(8-12-9-21-10(2)19-12)15-7-11-5-4-6-13(17)16(11)20-15/h4-7,9,14,18H,3,8H2,1-2H3. The number of halogens is 1. The Balaban J connectivity index is 1.93. The summed E-state index contributed by atoms with van der Waals surface area (Å²) in [6.07, 6.45) is 0.843. The van der Waals surface area contributed by atoms with Crippen LogP contribution in [0.5, 0.6) is 0 Å². The van der Waals surface area contributed by atoms with E-state index in [1.54, 1.807) is 11.3 Å². The Morgan fingerprint density at radius 2 is 2.29 bits per heavy atom. The van der Waals surface area contributed by atoms with Crippen LogP contribution in [0.3, 0.4) is 0 Å². The Labute approximate surface area is 136 Å². The number of hydrogen-bond acceptors (Lipinski definition) is 4. The molecule has 1 unspecified atom stereocenters. The van der Waals surface area contributed by atoms with Gasteiger partial charge in [-0.1, -0.05) is 19.1 Å². The predicted octanol–water partition coefficient (Wildman–Crippen LogP) is 4.85. The van der Waals surface area contributed by atoms with Crippen molar-refractivity contribution in [3.63, 3.8) is 0 Å². The Kier molecular flexibility index (Phi) is 4.42. The summed E-state index contributed by atoms with van der Waals surface area (Å²) in [4.78, 5) is 4.56. The number of furan rings is 1. The molecule has 21 heavy (non-hydrogen) atoms. The van der Waals surface area contributed by atoms with E-state index in [0.717, 1.165) is 44.9 Å². The van der Waals surface area contributed by atoms with E-state index in [1.807, 2.05) is 19.1 Å². The normalized spacial score (nSPS) is 12.9. The first kappa shape index (κ1) is 14.8. The number of likely N-dealkylation sites (N-methyl/N-ethyl adjacent to an activating group) is 1. The van der Waals surface area contributed by atoms with Gasteiger partial charge in [0.15, 0.2) is 0 Å². The summed E-state index contributed by atoms with van der Waals surface area (Å²) in [7, 11) is 0. The number of hydrogen-bond donors (Lipinski definition) is 1. The van der Waals surface area contributed by atoms with E-state index in [9.17, 15) is 0 Å². The maximum atomic E-state index is 6.06. The number of rotatable bonds is 5. The molecular formula is C16H17BrN2OS. The highest BCUT2D eigenvalue weighted by Gasteiger charge is 2.18. The smallest absolute Gasteiger partial charge is 0.148 e. The Morgan fingerprint density at radius 3 is 2.95 bits per heavy atom. The first-order valence-corrected chi connectivity index (χ1v) is 8.67. The molecule has 3 rings (SSSR count). The van der Waals surface area contributed by atoms with Crippen LogP contribution in [0.2, 0.25) is 0 Å². The van der Waals surface area contributed by atoms with Crippen LogP contribution in [-0.4, -0.2) is 11.5 Å². The maximum Gasteiger partial charge on any atom is 0.148 e. The number of para-hydroxylation sites is 1. The van der Waals surface area contributed by atoms with Gasteiger partial charge in [-0.15, -0.1) is 11.3 Å². The minimum atomic E-state index is 0.149. The molecule has 1 atom stereocenters. The van der Waals surface area contributed by atoms with Gasteiger partial charge >= 0.3 is 0 Å². The summed E-state index contributed by atoms with van der Waals surface area (Å²) in [5.74, 6) is 0.962. The second-order valence-electron chi connectivity index (χ2n) is 4.98. The van der Waals surface area contributed by atoms with Crippen LogP contribution < -0.4 is 5.32 Å². The molecule has 0 amide bonds. The third kappa shape index (κ3) is 3.20. The highest BCUT2D eigenvalue weighted by Crippen LogP contribution is 2.31. The minimum absolute atomic E-state index is 0.149. The summed E-state index contributed by atoms with van der Waals surface area (Å²) < 4.78 is 7.05. The molecule has 0 radical (unpaired) electrons. The monoisotopic (exact) mass is 364 g/mol. The third-order valence-corrected chi connectivity index (χ3v) is 4.84. The fraction of sp³-hybridized carbons (Fsp3) is 0.312. The van der Waals surface area contributed by atoms with Crippen LogP contribution >= 0.6 is 27.3 Å². The van der Waals surface area contributed by atoms with Crippen LogP contribution in [0, 0.1) is 6.92 Å². The van der Waals surface area contributed by atoms with Crippen molar-refractivity contribution in [2.24, 2.45) is 0 Å². The molecule has 0 aliphatic heterocycles. The average Bonchev–Trinajstić information content (AvgIpc) is 3.05. The molecule has 0 aliphatic rings. The highest BCUT2D eigenvalue weighted by atomic mass is 79.9. The van der Waals surface area contributed by atoms with Crippen LogP contribution in [0.1, 0.15) is 29.4 Å². The lowest BCUT2D eigenvalue weighted by Crippen LogP contribution is -2.22. The van der Waals surface area contributed by atoms with Gasteiger partial charge in [0.2, 0.25) is 0 Å². The van der Waals surface area contributed by atoms with Gasteiger partial charge in [-0.2, -0.15) is 0 Å². The topological polar surface area (TPSA) is 38.1 Å². The molecule has 2 aromatic heterocycles. The van der Waals surface area contributed by atoms with E-state index in [0.29, 0.717) is 0 Å². The molecule has 0 fully saturated rings. The summed E-state index contributed by atoms with van der Waals surface area (Å²) in [6, 6.07) is 8.37. The molecular weight excluding hydrogens is 348 g/mol. The number of aryl methyl sites for hydroxylation is 1. The summed E-state index contributed by atoms with van der Waals surface area (Å²) >= 11 is 5.23. The molecule has 3 aromatic rings. The first-order chi connectivity index (χ1) is 10.2. The number of thiazole rings is 1. The highest BCUT2D eigenvalue weighted by molar-refractivity contribution is 9.10. The molecule has 2 heterocycles. The Bertz CT molecular complexity index is 750. The maximum absolute atomic E-state index is 6.06. The molecule has 110 valence electrons. The summed E-state index contributed by atoms with van der Waals surface area (Å²) in [5, 5.41) is 7.84. The quantitative estimate of drug-likeness (QED) is 0.702. The van der Waals surface area contributed by atoms with Gasteiger partial charge < -0.3 is 9.73 Å². The molecule has 0 saturated carbocycles. The van der Waals surface area contributed by atoms with Crippen LogP contribution in [-0.2, 0) is 6.42 Å². The molecule has 0 spiro atoms. The zero-order chi connectivity index (χ0) is 14.8. The summed E-state index contributed by atoms with van der Waals surface area (Å²) in [6.45, 7) is 5.04. The van der Waals surface area contributed by atoms with E-state index in [-0.39, 0.29) is 6.04 Å². The lowest BCUT2D eigenvalue weighted by molar-refractivity contribution is 0.432. The average molecular weight is 365 g/mol. The fourth-order valence-electron chi connectivity index (χ4n) is 2.45. The lowest BCUT2D eigenvalue weighted by Gasteiger charge is -2.14. The van der Waals surface area contributed by atoms with E-state index in [4.69, 9.17) is 4.42 Å². The zero-order valence-electron chi connectivity index (χ0n) is 12.0. The fourth-order valence-corrected chi connectivity index (χ4v) is 3.54. The largest absolute Gasteiger partial charge is 0.458 e. The second-order valence-corrected chi connectivity index (χ2v) is 6.90. The van der Waals surface area contributed by atoms with Gasteiger partial charge in [-0.05, 0) is 41.5 Å². The van der Waals surface area contributed by atoms with Crippen molar-refractivity contribution in [1.82, 2.24) is 10.3 Å². The predicted molar refractivity (Wildman–Crippen MR) is 90.9 cm³/mol. The van der Waals surface area contributed by atoms with Gasteiger partial charge in [0.05, 0.1) is 21.2 Å². The van der Waals surface area contributed by atoms with Gasteiger partial charge in [-0.3, -0.25) is 0 Å². The third-order valence-electron chi connectivity index (χ3n) is 3.39. The molecule has 0 bridgehead atoms. The Morgan fingerprint density at radius 1 is 1.43 bits per heavy atom. The zero-order valence-corrected chi connectivity index (χ0v) is 14.4. The SMILES string of the molecule is CCNC(Cc1csc(C)n1)c1cc2cccc(Br)c2o1. The van der Waals surface area contributed by atoms with Crippen LogP contribution in [0.15, 0.2) is 38.5 Å². The number of fused-ring (bicyclic) bond motifs is 1. The molecule has 0 aliphatic carbocycles. The van der Waals surface area contributed by atoms with Crippen molar-refractivity contribution in [3.8, 4) is 0 Å². The lowest BCUT2D eigenvalue weighted by atomic mass is 10.1. The molecule has 0 saturated heterocycles. The van der Waals surface area contributed by atoms with Gasteiger partial charge in [0.25, 0.3) is 0 Å². The number of aromatic nitrogens is 1. The second kappa shape index (κ2) is 6.30. The molecule has 1 aromatic carbocycles. The number of benzene rings is 1. The number of nitrogens with zero attached hydrogens (tertiary/aromatic N) is 1. The molecule has 3 nitrogen and oxygen atoms in total. The van der Waals surface area contributed by atoms with E-state index in [1.165, 1.54) is 0 Å². The van der Waals surface area contributed by atoms with Crippen molar-refractivity contribution >= 4 is 38.2 Å².